The minimum atomic E-state index is -0.451. The summed E-state index contributed by atoms with van der Waals surface area (Å²) in [5, 5.41) is 8.69. The van der Waals surface area contributed by atoms with Gasteiger partial charge in [0.2, 0.25) is 0 Å². The molecular weight excluding hydrogens is 352 g/mol. The van der Waals surface area contributed by atoms with Gasteiger partial charge in [-0.25, -0.2) is 14.5 Å². The van der Waals surface area contributed by atoms with Crippen LogP contribution in [0.25, 0.3) is 16.6 Å². The number of esters is 1. The lowest BCUT2D eigenvalue weighted by Crippen LogP contribution is -2.10. The molecule has 0 unspecified atom stereocenters. The van der Waals surface area contributed by atoms with E-state index in [0.29, 0.717) is 19.0 Å². The molecule has 6 heteroatoms. The molecule has 28 heavy (non-hydrogen) atoms. The second-order valence-electron chi connectivity index (χ2n) is 6.24. The molecule has 4 aromatic rings. The third-order valence-electron chi connectivity index (χ3n) is 4.36. The Balaban J connectivity index is 1.78. The summed E-state index contributed by atoms with van der Waals surface area (Å²) in [5.74, 6) is 0.152. The van der Waals surface area contributed by atoms with Crippen LogP contribution in [0.1, 0.15) is 23.0 Å². The van der Waals surface area contributed by atoms with Crippen molar-refractivity contribution in [2.75, 3.05) is 11.9 Å². The number of rotatable bonds is 6. The van der Waals surface area contributed by atoms with Crippen LogP contribution >= 0.6 is 0 Å². The van der Waals surface area contributed by atoms with Crippen LogP contribution in [0, 0.1) is 0 Å². The molecule has 2 heterocycles. The zero-order valence-corrected chi connectivity index (χ0v) is 15.5. The average molecular weight is 372 g/mol. The Kier molecular flexibility index (Phi) is 5.01. The largest absolute Gasteiger partial charge is 0.461 e. The summed E-state index contributed by atoms with van der Waals surface area (Å²) in [6, 6.07) is 21.5. The number of fused-ring (bicyclic) bond motifs is 1. The highest BCUT2D eigenvalue weighted by atomic mass is 16.5. The minimum absolute atomic E-state index is 0.252. The van der Waals surface area contributed by atoms with Crippen molar-refractivity contribution in [2.45, 2.75) is 13.5 Å². The molecule has 0 aliphatic carbocycles. The number of hydrogen-bond acceptors (Lipinski definition) is 5. The van der Waals surface area contributed by atoms with Crippen molar-refractivity contribution in [1.82, 2.24) is 14.8 Å². The second-order valence-corrected chi connectivity index (χ2v) is 6.24. The minimum Gasteiger partial charge on any atom is -0.461 e. The van der Waals surface area contributed by atoms with Gasteiger partial charge in [-0.15, -0.1) is 0 Å². The molecule has 0 radical (unpaired) electrons. The van der Waals surface area contributed by atoms with Crippen molar-refractivity contribution in [2.24, 2.45) is 0 Å². The van der Waals surface area contributed by atoms with E-state index in [2.05, 4.69) is 15.4 Å². The van der Waals surface area contributed by atoms with Crippen LogP contribution < -0.4 is 5.32 Å². The van der Waals surface area contributed by atoms with E-state index in [-0.39, 0.29) is 5.69 Å². The number of anilines is 1. The topological polar surface area (TPSA) is 69.0 Å². The molecule has 4 rings (SSSR count). The standard InChI is InChI=1S/C22H20N4O2/c1-2-28-22(27)19-13-20-18(15-24-26(20)17-11-7-4-8-12-17)21(25-19)23-14-16-9-5-3-6-10-16/h3-13,15H,2,14H2,1H3,(H,23,25). The lowest BCUT2D eigenvalue weighted by Gasteiger charge is -2.10. The number of benzene rings is 2. The van der Waals surface area contributed by atoms with Gasteiger partial charge in [0.1, 0.15) is 5.82 Å². The summed E-state index contributed by atoms with van der Waals surface area (Å²) in [7, 11) is 0. The number of nitrogens with one attached hydrogen (secondary N) is 1. The fourth-order valence-electron chi connectivity index (χ4n) is 3.02. The van der Waals surface area contributed by atoms with Crippen LogP contribution in [-0.4, -0.2) is 27.3 Å². The van der Waals surface area contributed by atoms with Gasteiger partial charge in [-0.3, -0.25) is 0 Å². The highest BCUT2D eigenvalue weighted by molar-refractivity contribution is 5.97. The maximum Gasteiger partial charge on any atom is 0.357 e. The van der Waals surface area contributed by atoms with Gasteiger partial charge in [0.15, 0.2) is 5.69 Å². The summed E-state index contributed by atoms with van der Waals surface area (Å²) in [6.45, 7) is 2.66. The molecule has 0 atom stereocenters. The maximum absolute atomic E-state index is 12.3. The summed E-state index contributed by atoms with van der Waals surface area (Å²) >= 11 is 0. The first-order valence-electron chi connectivity index (χ1n) is 9.15. The van der Waals surface area contributed by atoms with Crippen molar-refractivity contribution in [3.8, 4) is 5.69 Å². The first kappa shape index (κ1) is 17.7. The van der Waals surface area contributed by atoms with Gasteiger partial charge in [-0.05, 0) is 30.7 Å². The molecule has 1 N–H and O–H groups in total. The lowest BCUT2D eigenvalue weighted by atomic mass is 10.2. The molecule has 0 aliphatic heterocycles. The Bertz CT molecular complexity index is 1090. The van der Waals surface area contributed by atoms with Crippen molar-refractivity contribution >= 4 is 22.7 Å². The van der Waals surface area contributed by atoms with E-state index in [1.807, 2.05) is 60.7 Å². The summed E-state index contributed by atoms with van der Waals surface area (Å²) in [6.07, 6.45) is 1.76. The van der Waals surface area contributed by atoms with Gasteiger partial charge in [-0.2, -0.15) is 5.10 Å². The van der Waals surface area contributed by atoms with Crippen LogP contribution in [0.5, 0.6) is 0 Å². The van der Waals surface area contributed by atoms with Crippen molar-refractivity contribution in [3.05, 3.63) is 84.2 Å². The number of pyridine rings is 1. The van der Waals surface area contributed by atoms with E-state index in [1.165, 1.54) is 0 Å². The van der Waals surface area contributed by atoms with Crippen LogP contribution in [0.4, 0.5) is 5.82 Å². The number of nitrogens with zero attached hydrogens (tertiary/aromatic N) is 3. The summed E-state index contributed by atoms with van der Waals surface area (Å²) in [4.78, 5) is 16.8. The lowest BCUT2D eigenvalue weighted by molar-refractivity contribution is 0.0520. The number of carbonyl (C=O) groups is 1. The number of hydrogen-bond donors (Lipinski definition) is 1. The molecule has 6 nitrogen and oxygen atoms in total. The summed E-state index contributed by atoms with van der Waals surface area (Å²) in [5.41, 5.74) is 3.07. The predicted molar refractivity (Wildman–Crippen MR) is 109 cm³/mol. The SMILES string of the molecule is CCOC(=O)c1cc2c(cnn2-c2ccccc2)c(NCc2ccccc2)n1. The highest BCUT2D eigenvalue weighted by Crippen LogP contribution is 2.26. The highest BCUT2D eigenvalue weighted by Gasteiger charge is 2.17. The van der Waals surface area contributed by atoms with E-state index in [9.17, 15) is 4.79 Å². The van der Waals surface area contributed by atoms with Gasteiger partial charge in [0, 0.05) is 6.54 Å². The van der Waals surface area contributed by atoms with Crippen molar-refractivity contribution in [1.29, 1.82) is 0 Å². The fourth-order valence-corrected chi connectivity index (χ4v) is 3.02. The van der Waals surface area contributed by atoms with E-state index < -0.39 is 5.97 Å². The van der Waals surface area contributed by atoms with E-state index in [1.54, 1.807) is 23.9 Å². The molecule has 0 saturated heterocycles. The Morgan fingerprint density at radius 3 is 2.50 bits per heavy atom. The van der Waals surface area contributed by atoms with E-state index in [4.69, 9.17) is 4.74 Å². The van der Waals surface area contributed by atoms with Crippen molar-refractivity contribution in [3.63, 3.8) is 0 Å². The zero-order chi connectivity index (χ0) is 19.3. The smallest absolute Gasteiger partial charge is 0.357 e. The van der Waals surface area contributed by atoms with Gasteiger partial charge < -0.3 is 10.1 Å². The van der Waals surface area contributed by atoms with Gasteiger partial charge in [0.25, 0.3) is 0 Å². The first-order chi connectivity index (χ1) is 13.8. The molecule has 140 valence electrons. The van der Waals surface area contributed by atoms with Crippen LogP contribution in [0.2, 0.25) is 0 Å². The third-order valence-corrected chi connectivity index (χ3v) is 4.36. The Labute approximate surface area is 162 Å². The number of para-hydroxylation sites is 1. The second kappa shape index (κ2) is 7.92. The Hall–Kier alpha value is -3.67. The van der Waals surface area contributed by atoms with Gasteiger partial charge in [0.05, 0.1) is 29.4 Å². The van der Waals surface area contributed by atoms with Crippen LogP contribution in [-0.2, 0) is 11.3 Å². The number of aromatic nitrogens is 3. The monoisotopic (exact) mass is 372 g/mol. The van der Waals surface area contributed by atoms with Crippen LogP contribution in [0.15, 0.2) is 72.9 Å². The molecule has 0 aliphatic rings. The van der Waals surface area contributed by atoms with E-state index in [0.717, 1.165) is 22.2 Å². The number of carbonyl (C=O) groups excluding carboxylic acids is 1. The normalized spacial score (nSPS) is 10.8. The third kappa shape index (κ3) is 3.57. The predicted octanol–water partition coefficient (Wildman–Crippen LogP) is 4.21. The van der Waals surface area contributed by atoms with Gasteiger partial charge >= 0.3 is 5.97 Å². The Morgan fingerprint density at radius 1 is 1.07 bits per heavy atom. The number of ether oxygens (including phenoxy) is 1. The molecule has 0 fully saturated rings. The van der Waals surface area contributed by atoms with Crippen molar-refractivity contribution < 1.29 is 9.53 Å². The molecule has 0 amide bonds. The molecule has 0 saturated carbocycles. The average Bonchev–Trinajstić information content (AvgIpc) is 3.18. The van der Waals surface area contributed by atoms with Crippen LogP contribution in [0.3, 0.4) is 0 Å². The molecule has 0 bridgehead atoms. The maximum atomic E-state index is 12.3. The Morgan fingerprint density at radius 2 is 1.79 bits per heavy atom. The molecule has 2 aromatic carbocycles. The zero-order valence-electron chi connectivity index (χ0n) is 15.5. The fraction of sp³-hybridized carbons (Fsp3) is 0.136. The molecule has 0 spiro atoms. The van der Waals surface area contributed by atoms with Gasteiger partial charge in [-0.1, -0.05) is 48.5 Å². The quantitative estimate of drug-likeness (QED) is 0.514. The van der Waals surface area contributed by atoms with E-state index >= 15 is 0 Å². The molecular formula is C22H20N4O2. The first-order valence-corrected chi connectivity index (χ1v) is 9.15. The molecule has 2 aromatic heterocycles. The summed E-state index contributed by atoms with van der Waals surface area (Å²) < 4.78 is 6.96.